The molecule has 0 aliphatic carbocycles. The van der Waals surface area contributed by atoms with Crippen molar-refractivity contribution in [2.45, 2.75) is 31.8 Å². The number of thioether (sulfide) groups is 1. The Labute approximate surface area is 185 Å². The highest BCUT2D eigenvalue weighted by atomic mass is 32.2. The van der Waals surface area contributed by atoms with Crippen LogP contribution in [-0.4, -0.2) is 35.8 Å². The van der Waals surface area contributed by atoms with Crippen LogP contribution in [0.1, 0.15) is 23.1 Å². The number of rotatable bonds is 4. The van der Waals surface area contributed by atoms with Gasteiger partial charge in [0.1, 0.15) is 5.54 Å². The predicted octanol–water partition coefficient (Wildman–Crippen LogP) is 2.98. The molecule has 0 aromatic heterocycles. The zero-order valence-electron chi connectivity index (χ0n) is 17.8. The number of carbonyl (C=O) groups is 3. The molecule has 3 aliphatic heterocycles. The highest BCUT2D eigenvalue weighted by Gasteiger charge is 2.70. The fourth-order valence-electron chi connectivity index (χ4n) is 5.55. The molecule has 3 heterocycles. The average Bonchev–Trinajstić information content (AvgIpc) is 3.32. The topological polar surface area (TPSA) is 78.5 Å². The molecule has 7 heteroatoms. The smallest absolute Gasteiger partial charge is 0.250 e. The lowest BCUT2D eigenvalue weighted by atomic mass is 9.76. The molecule has 2 aromatic carbocycles. The first-order valence-electron chi connectivity index (χ1n) is 10.5. The number of hydrogen-bond donors (Lipinski definition) is 2. The van der Waals surface area contributed by atoms with E-state index in [2.05, 4.69) is 10.6 Å². The molecule has 4 unspecified atom stereocenters. The van der Waals surface area contributed by atoms with Gasteiger partial charge in [0.25, 0.3) is 0 Å². The first kappa shape index (κ1) is 20.3. The summed E-state index contributed by atoms with van der Waals surface area (Å²) in [5, 5.41) is 6.41. The summed E-state index contributed by atoms with van der Waals surface area (Å²) in [5.41, 5.74) is 2.80. The first-order chi connectivity index (χ1) is 14.9. The van der Waals surface area contributed by atoms with Gasteiger partial charge in [-0.15, -0.1) is 0 Å². The van der Waals surface area contributed by atoms with Crippen molar-refractivity contribution in [3.8, 4) is 0 Å². The van der Waals surface area contributed by atoms with Gasteiger partial charge >= 0.3 is 0 Å². The van der Waals surface area contributed by atoms with E-state index < -0.39 is 17.4 Å². The third-order valence-electron chi connectivity index (χ3n) is 6.85. The number of nitrogens with zero attached hydrogens (tertiary/aromatic N) is 1. The van der Waals surface area contributed by atoms with Crippen LogP contribution in [0, 0.1) is 25.7 Å². The maximum atomic E-state index is 13.9. The molecule has 4 atom stereocenters. The van der Waals surface area contributed by atoms with Crippen LogP contribution in [0.2, 0.25) is 0 Å². The fourth-order valence-corrected chi connectivity index (χ4v) is 6.04. The highest BCUT2D eigenvalue weighted by Crippen LogP contribution is 2.54. The molecule has 0 bridgehead atoms. The van der Waals surface area contributed by atoms with Crippen LogP contribution in [0.5, 0.6) is 0 Å². The van der Waals surface area contributed by atoms with E-state index in [1.165, 1.54) is 4.90 Å². The summed E-state index contributed by atoms with van der Waals surface area (Å²) >= 11 is 1.69. The van der Waals surface area contributed by atoms with Gasteiger partial charge in [-0.25, -0.2) is 4.90 Å². The van der Waals surface area contributed by atoms with E-state index in [1.54, 1.807) is 11.8 Å². The van der Waals surface area contributed by atoms with E-state index in [0.29, 0.717) is 17.8 Å². The molecule has 0 radical (unpaired) electrons. The molecule has 2 fully saturated rings. The lowest BCUT2D eigenvalue weighted by Crippen LogP contribution is -2.53. The number of para-hydroxylation sites is 1. The van der Waals surface area contributed by atoms with Crippen molar-refractivity contribution in [3.05, 3.63) is 59.2 Å². The van der Waals surface area contributed by atoms with Crippen LogP contribution >= 0.6 is 11.8 Å². The Hall–Kier alpha value is -2.64. The van der Waals surface area contributed by atoms with Crippen LogP contribution in [0.25, 0.3) is 0 Å². The zero-order chi connectivity index (χ0) is 21.9. The standard InChI is InChI=1S/C24H25N3O3S/c1-13-8-9-18(14(2)12-13)27-21(28)19-17(10-11-31-3)26-24(20(19)22(27)29)15-6-4-5-7-16(15)25-23(24)30/h4-9,12,17,19-20,26H,10-11H2,1-3H3,(H,25,30). The molecule has 160 valence electrons. The minimum atomic E-state index is -1.22. The van der Waals surface area contributed by atoms with Crippen molar-refractivity contribution in [3.63, 3.8) is 0 Å². The van der Waals surface area contributed by atoms with Gasteiger partial charge in [0.15, 0.2) is 0 Å². The summed E-state index contributed by atoms with van der Waals surface area (Å²) in [5.74, 6) is -1.26. The Morgan fingerprint density at radius 2 is 1.84 bits per heavy atom. The van der Waals surface area contributed by atoms with Crippen molar-refractivity contribution >= 4 is 40.9 Å². The van der Waals surface area contributed by atoms with Crippen LogP contribution in [0.3, 0.4) is 0 Å². The van der Waals surface area contributed by atoms with Crippen molar-refractivity contribution in [1.29, 1.82) is 0 Å². The molecule has 3 aliphatic rings. The van der Waals surface area contributed by atoms with E-state index in [-0.39, 0.29) is 23.8 Å². The molecule has 2 aromatic rings. The third kappa shape index (κ3) is 2.72. The number of anilines is 2. The minimum Gasteiger partial charge on any atom is -0.324 e. The van der Waals surface area contributed by atoms with E-state index in [9.17, 15) is 14.4 Å². The number of hydrogen-bond acceptors (Lipinski definition) is 5. The number of aryl methyl sites for hydroxylation is 2. The number of imide groups is 1. The van der Waals surface area contributed by atoms with Crippen molar-refractivity contribution in [2.24, 2.45) is 11.8 Å². The van der Waals surface area contributed by atoms with E-state index in [4.69, 9.17) is 0 Å². The summed E-state index contributed by atoms with van der Waals surface area (Å²) in [6, 6.07) is 12.9. The van der Waals surface area contributed by atoms with E-state index in [1.807, 2.05) is 62.6 Å². The number of fused-ring (bicyclic) bond motifs is 4. The Balaban J connectivity index is 1.66. The third-order valence-corrected chi connectivity index (χ3v) is 7.49. The van der Waals surface area contributed by atoms with Gasteiger partial charge in [0, 0.05) is 17.3 Å². The van der Waals surface area contributed by atoms with Crippen molar-refractivity contribution < 1.29 is 14.4 Å². The van der Waals surface area contributed by atoms with Crippen LogP contribution < -0.4 is 15.5 Å². The van der Waals surface area contributed by atoms with Gasteiger partial charge in [-0.1, -0.05) is 35.9 Å². The number of benzene rings is 2. The van der Waals surface area contributed by atoms with Crippen LogP contribution in [0.4, 0.5) is 11.4 Å². The second-order valence-electron chi connectivity index (χ2n) is 8.65. The van der Waals surface area contributed by atoms with Gasteiger partial charge < -0.3 is 5.32 Å². The van der Waals surface area contributed by atoms with E-state index in [0.717, 1.165) is 22.4 Å². The quantitative estimate of drug-likeness (QED) is 0.722. The van der Waals surface area contributed by atoms with Gasteiger partial charge in [-0.2, -0.15) is 11.8 Å². The summed E-state index contributed by atoms with van der Waals surface area (Å²) in [4.78, 5) is 42.2. The summed E-state index contributed by atoms with van der Waals surface area (Å²) in [7, 11) is 0. The molecule has 6 nitrogen and oxygen atoms in total. The largest absolute Gasteiger partial charge is 0.324 e. The van der Waals surface area contributed by atoms with Crippen LogP contribution in [0.15, 0.2) is 42.5 Å². The second-order valence-corrected chi connectivity index (χ2v) is 9.63. The first-order valence-corrected chi connectivity index (χ1v) is 11.9. The predicted molar refractivity (Wildman–Crippen MR) is 122 cm³/mol. The molecule has 2 saturated heterocycles. The normalized spacial score (nSPS) is 28.9. The Kier molecular flexibility index (Phi) is 4.71. The molecule has 5 rings (SSSR count). The highest BCUT2D eigenvalue weighted by molar-refractivity contribution is 7.98. The summed E-state index contributed by atoms with van der Waals surface area (Å²) < 4.78 is 0. The van der Waals surface area contributed by atoms with Gasteiger partial charge in [0.05, 0.1) is 17.5 Å². The van der Waals surface area contributed by atoms with Gasteiger partial charge in [0.2, 0.25) is 17.7 Å². The Bertz CT molecular complexity index is 1120. The van der Waals surface area contributed by atoms with Crippen molar-refractivity contribution in [2.75, 3.05) is 22.2 Å². The lowest BCUT2D eigenvalue weighted by Gasteiger charge is -2.30. The minimum absolute atomic E-state index is 0.213. The number of carbonyl (C=O) groups excluding carboxylic acids is 3. The van der Waals surface area contributed by atoms with Crippen LogP contribution in [-0.2, 0) is 19.9 Å². The molecule has 31 heavy (non-hydrogen) atoms. The van der Waals surface area contributed by atoms with E-state index >= 15 is 0 Å². The summed E-state index contributed by atoms with van der Waals surface area (Å²) in [6.45, 7) is 3.89. The van der Waals surface area contributed by atoms with Gasteiger partial charge in [-0.05, 0) is 50.0 Å². The zero-order valence-corrected chi connectivity index (χ0v) is 18.6. The fraction of sp³-hybridized carbons (Fsp3) is 0.375. The maximum Gasteiger partial charge on any atom is 0.250 e. The average molecular weight is 436 g/mol. The molecular weight excluding hydrogens is 410 g/mol. The summed E-state index contributed by atoms with van der Waals surface area (Å²) in [6.07, 6.45) is 2.72. The SMILES string of the molecule is CSCCC1NC2(C(=O)Nc3ccccc32)C2C(=O)N(c3ccc(C)cc3C)C(=O)C12. The lowest BCUT2D eigenvalue weighted by molar-refractivity contribution is -0.130. The Morgan fingerprint density at radius 3 is 2.58 bits per heavy atom. The monoisotopic (exact) mass is 435 g/mol. The van der Waals surface area contributed by atoms with Gasteiger partial charge in [-0.3, -0.25) is 19.7 Å². The maximum absolute atomic E-state index is 13.9. The number of amides is 3. The number of nitrogens with one attached hydrogen (secondary N) is 2. The molecular formula is C24H25N3O3S. The Morgan fingerprint density at radius 1 is 1.06 bits per heavy atom. The second kappa shape index (κ2) is 7.21. The molecule has 3 amide bonds. The molecule has 0 saturated carbocycles. The molecule has 2 N–H and O–H groups in total. The molecule has 1 spiro atoms. The van der Waals surface area contributed by atoms with Crippen molar-refractivity contribution in [1.82, 2.24) is 5.32 Å².